The number of aliphatic hydroxyl groups excluding tert-OH is 1. The smallest absolute Gasteiger partial charge is 0.165 e. The Morgan fingerprint density at radius 1 is 1.44 bits per heavy atom. The molecule has 1 aromatic heterocycles. The van der Waals surface area contributed by atoms with E-state index in [4.69, 9.17) is 4.74 Å². The number of methoxy groups -OCH3 is 1. The Balaban J connectivity index is 2.52. The fourth-order valence-electron chi connectivity index (χ4n) is 1.95. The molecule has 1 heterocycles. The molecule has 1 N–H and O–H groups in total. The van der Waals surface area contributed by atoms with Crippen LogP contribution >= 0.6 is 0 Å². The van der Waals surface area contributed by atoms with Crippen LogP contribution in [0, 0.1) is 12.7 Å². The second-order valence-corrected chi connectivity index (χ2v) is 4.03. The molecule has 2 rings (SSSR count). The van der Waals surface area contributed by atoms with Crippen molar-refractivity contribution in [3.05, 3.63) is 35.4 Å². The number of rotatable bonds is 3. The van der Waals surface area contributed by atoms with Crippen molar-refractivity contribution >= 4 is 0 Å². The number of hydrogen-bond donors (Lipinski definition) is 1. The van der Waals surface area contributed by atoms with Crippen LogP contribution < -0.4 is 4.74 Å². The molecule has 0 unspecified atom stereocenters. The number of aliphatic hydroxyl groups is 1. The minimum absolute atomic E-state index is 0.0893. The van der Waals surface area contributed by atoms with Gasteiger partial charge in [-0.25, -0.2) is 9.37 Å². The van der Waals surface area contributed by atoms with E-state index in [2.05, 4.69) is 4.98 Å². The molecule has 0 aliphatic heterocycles. The third-order valence-corrected chi connectivity index (χ3v) is 2.97. The molecule has 0 fully saturated rings. The molecule has 1 aromatic carbocycles. The standard InChI is InChI=1S/C13H15FN2O2/c1-8-11(7-17)16(2)13(15-8)9-4-5-12(18-3)10(14)6-9/h4-6,17H,7H2,1-3H3. The SMILES string of the molecule is COc1ccc(-c2nc(C)c(CO)n2C)cc1F. The van der Waals surface area contributed by atoms with Gasteiger partial charge in [0.1, 0.15) is 5.82 Å². The van der Waals surface area contributed by atoms with Crippen molar-refractivity contribution in [1.82, 2.24) is 9.55 Å². The van der Waals surface area contributed by atoms with E-state index < -0.39 is 5.82 Å². The van der Waals surface area contributed by atoms with E-state index in [9.17, 15) is 9.50 Å². The molecule has 18 heavy (non-hydrogen) atoms. The van der Waals surface area contributed by atoms with Gasteiger partial charge in [-0.15, -0.1) is 0 Å². The van der Waals surface area contributed by atoms with E-state index in [0.717, 1.165) is 11.4 Å². The second-order valence-electron chi connectivity index (χ2n) is 4.03. The summed E-state index contributed by atoms with van der Waals surface area (Å²) in [7, 11) is 3.22. The first-order chi connectivity index (χ1) is 8.58. The van der Waals surface area contributed by atoms with Crippen molar-refractivity contribution in [2.24, 2.45) is 7.05 Å². The van der Waals surface area contributed by atoms with Crippen molar-refractivity contribution < 1.29 is 14.2 Å². The lowest BCUT2D eigenvalue weighted by atomic mass is 10.2. The quantitative estimate of drug-likeness (QED) is 0.906. The lowest BCUT2D eigenvalue weighted by Gasteiger charge is -2.06. The third kappa shape index (κ3) is 1.97. The first-order valence-electron chi connectivity index (χ1n) is 5.55. The van der Waals surface area contributed by atoms with E-state index in [1.54, 1.807) is 23.7 Å². The van der Waals surface area contributed by atoms with Crippen LogP contribution in [0.15, 0.2) is 18.2 Å². The Bertz CT molecular complexity index is 579. The Morgan fingerprint density at radius 3 is 2.67 bits per heavy atom. The van der Waals surface area contributed by atoms with Crippen molar-refractivity contribution in [3.63, 3.8) is 0 Å². The van der Waals surface area contributed by atoms with Gasteiger partial charge < -0.3 is 14.4 Å². The van der Waals surface area contributed by atoms with Crippen molar-refractivity contribution in [3.8, 4) is 17.1 Å². The molecule has 5 heteroatoms. The van der Waals surface area contributed by atoms with Gasteiger partial charge in [0, 0.05) is 12.6 Å². The number of benzene rings is 1. The summed E-state index contributed by atoms with van der Waals surface area (Å²) in [6.07, 6.45) is 0. The Labute approximate surface area is 105 Å². The van der Waals surface area contributed by atoms with Gasteiger partial charge in [-0.05, 0) is 25.1 Å². The molecule has 0 saturated heterocycles. The molecular formula is C13H15FN2O2. The highest BCUT2D eigenvalue weighted by Crippen LogP contribution is 2.26. The number of aromatic nitrogens is 2. The van der Waals surface area contributed by atoms with Crippen LogP contribution in [0.4, 0.5) is 4.39 Å². The van der Waals surface area contributed by atoms with Crippen LogP contribution in [0.1, 0.15) is 11.4 Å². The molecule has 0 spiro atoms. The normalized spacial score (nSPS) is 10.7. The second kappa shape index (κ2) is 4.78. The van der Waals surface area contributed by atoms with Crippen LogP contribution in [0.5, 0.6) is 5.75 Å². The Kier molecular flexibility index (Phi) is 3.34. The zero-order chi connectivity index (χ0) is 13.3. The third-order valence-electron chi connectivity index (χ3n) is 2.97. The zero-order valence-electron chi connectivity index (χ0n) is 10.6. The molecule has 0 radical (unpaired) electrons. The van der Waals surface area contributed by atoms with Crippen LogP contribution in [0.2, 0.25) is 0 Å². The summed E-state index contributed by atoms with van der Waals surface area (Å²) in [5, 5.41) is 9.24. The van der Waals surface area contributed by atoms with E-state index in [1.807, 2.05) is 6.92 Å². The van der Waals surface area contributed by atoms with Crippen molar-refractivity contribution in [1.29, 1.82) is 0 Å². The molecule has 0 bridgehead atoms. The minimum Gasteiger partial charge on any atom is -0.494 e. The summed E-state index contributed by atoms with van der Waals surface area (Å²) in [6, 6.07) is 4.68. The molecule has 96 valence electrons. The minimum atomic E-state index is -0.429. The average molecular weight is 250 g/mol. The van der Waals surface area contributed by atoms with Gasteiger partial charge in [0.2, 0.25) is 0 Å². The lowest BCUT2D eigenvalue weighted by molar-refractivity contribution is 0.272. The molecule has 0 saturated carbocycles. The topological polar surface area (TPSA) is 47.3 Å². The molecule has 0 aliphatic carbocycles. The maximum Gasteiger partial charge on any atom is 0.165 e. The highest BCUT2D eigenvalue weighted by Gasteiger charge is 2.14. The van der Waals surface area contributed by atoms with Gasteiger partial charge in [0.25, 0.3) is 0 Å². The summed E-state index contributed by atoms with van der Waals surface area (Å²) < 4.78 is 20.3. The largest absolute Gasteiger partial charge is 0.494 e. The maximum atomic E-state index is 13.6. The number of nitrogens with zero attached hydrogens (tertiary/aromatic N) is 2. The van der Waals surface area contributed by atoms with Gasteiger partial charge in [0.15, 0.2) is 11.6 Å². The number of halogens is 1. The van der Waals surface area contributed by atoms with Crippen molar-refractivity contribution in [2.75, 3.05) is 7.11 Å². The summed E-state index contributed by atoms with van der Waals surface area (Å²) in [5.41, 5.74) is 2.12. The highest BCUT2D eigenvalue weighted by molar-refractivity contribution is 5.58. The maximum absolute atomic E-state index is 13.6. The van der Waals surface area contributed by atoms with E-state index in [-0.39, 0.29) is 12.4 Å². The predicted molar refractivity (Wildman–Crippen MR) is 65.8 cm³/mol. The Morgan fingerprint density at radius 2 is 2.17 bits per heavy atom. The van der Waals surface area contributed by atoms with Crippen LogP contribution in [-0.2, 0) is 13.7 Å². The van der Waals surface area contributed by atoms with Crippen molar-refractivity contribution in [2.45, 2.75) is 13.5 Å². The molecule has 4 nitrogen and oxygen atoms in total. The van der Waals surface area contributed by atoms with Gasteiger partial charge >= 0.3 is 0 Å². The highest BCUT2D eigenvalue weighted by atomic mass is 19.1. The fraction of sp³-hybridized carbons (Fsp3) is 0.308. The molecule has 2 aromatic rings. The summed E-state index contributed by atoms with van der Waals surface area (Å²) in [5.74, 6) is 0.395. The first-order valence-corrected chi connectivity index (χ1v) is 5.55. The fourth-order valence-corrected chi connectivity index (χ4v) is 1.95. The van der Waals surface area contributed by atoms with E-state index >= 15 is 0 Å². The molecular weight excluding hydrogens is 235 g/mol. The number of hydrogen-bond acceptors (Lipinski definition) is 3. The van der Waals surface area contributed by atoms with E-state index in [0.29, 0.717) is 11.4 Å². The van der Waals surface area contributed by atoms with E-state index in [1.165, 1.54) is 13.2 Å². The van der Waals surface area contributed by atoms with Gasteiger partial charge in [-0.2, -0.15) is 0 Å². The average Bonchev–Trinajstić information content (AvgIpc) is 2.64. The monoisotopic (exact) mass is 250 g/mol. The summed E-state index contributed by atoms with van der Waals surface area (Å²) >= 11 is 0. The Hall–Kier alpha value is -1.88. The molecule has 0 atom stereocenters. The van der Waals surface area contributed by atoms with Crippen LogP contribution in [0.3, 0.4) is 0 Å². The number of aryl methyl sites for hydroxylation is 1. The lowest BCUT2D eigenvalue weighted by Crippen LogP contribution is -1.99. The first kappa shape index (κ1) is 12.6. The molecule has 0 aliphatic rings. The number of ether oxygens (including phenoxy) is 1. The van der Waals surface area contributed by atoms with Gasteiger partial charge in [0.05, 0.1) is 25.1 Å². The molecule has 0 amide bonds. The van der Waals surface area contributed by atoms with Crippen LogP contribution in [-0.4, -0.2) is 21.8 Å². The van der Waals surface area contributed by atoms with Gasteiger partial charge in [-0.3, -0.25) is 0 Å². The summed E-state index contributed by atoms with van der Waals surface area (Å²) in [6.45, 7) is 1.73. The number of imidazole rings is 1. The zero-order valence-corrected chi connectivity index (χ0v) is 10.6. The predicted octanol–water partition coefficient (Wildman–Crippen LogP) is 2.04. The van der Waals surface area contributed by atoms with Crippen LogP contribution in [0.25, 0.3) is 11.4 Å². The summed E-state index contributed by atoms with van der Waals surface area (Å²) in [4.78, 5) is 4.34. The van der Waals surface area contributed by atoms with Gasteiger partial charge in [-0.1, -0.05) is 0 Å².